The third-order valence-electron chi connectivity index (χ3n) is 4.06. The fourth-order valence-corrected chi connectivity index (χ4v) is 3.01. The first kappa shape index (κ1) is 16.1. The standard InChI is InChI=1S/C16H24ClN3O/c1-19(2)9-10-20(13-5-3-4-6-13)16(21)14-11-12(17)7-8-15(14)18/h7-8,11,13H,3-6,9-10,18H2,1-2H3. The molecule has 21 heavy (non-hydrogen) atoms. The lowest BCUT2D eigenvalue weighted by molar-refractivity contribution is 0.0669. The Morgan fingerprint density at radius 3 is 2.57 bits per heavy atom. The van der Waals surface area contributed by atoms with Gasteiger partial charge in [0.25, 0.3) is 5.91 Å². The summed E-state index contributed by atoms with van der Waals surface area (Å²) >= 11 is 6.02. The van der Waals surface area contributed by atoms with Gasteiger partial charge >= 0.3 is 0 Å². The Morgan fingerprint density at radius 2 is 1.95 bits per heavy atom. The number of hydrogen-bond donors (Lipinski definition) is 1. The van der Waals surface area contributed by atoms with E-state index in [1.807, 2.05) is 19.0 Å². The first-order valence-corrected chi connectivity index (χ1v) is 7.87. The Labute approximate surface area is 131 Å². The maximum atomic E-state index is 12.9. The van der Waals surface area contributed by atoms with Gasteiger partial charge in [-0.1, -0.05) is 24.4 Å². The topological polar surface area (TPSA) is 49.6 Å². The minimum absolute atomic E-state index is 0.00347. The molecule has 0 radical (unpaired) electrons. The Hall–Kier alpha value is -1.26. The van der Waals surface area contributed by atoms with Crippen LogP contribution in [-0.2, 0) is 0 Å². The van der Waals surface area contributed by atoms with Crippen LogP contribution in [0.15, 0.2) is 18.2 Å². The van der Waals surface area contributed by atoms with Gasteiger partial charge in [0.05, 0.1) is 5.56 Å². The molecule has 5 heteroatoms. The lowest BCUT2D eigenvalue weighted by atomic mass is 10.1. The highest BCUT2D eigenvalue weighted by atomic mass is 35.5. The van der Waals surface area contributed by atoms with E-state index in [0.717, 1.165) is 25.9 Å². The lowest BCUT2D eigenvalue weighted by Gasteiger charge is -2.30. The van der Waals surface area contributed by atoms with E-state index in [0.29, 0.717) is 22.3 Å². The maximum absolute atomic E-state index is 12.9. The summed E-state index contributed by atoms with van der Waals surface area (Å²) in [6.45, 7) is 1.57. The summed E-state index contributed by atoms with van der Waals surface area (Å²) in [5.41, 5.74) is 6.99. The summed E-state index contributed by atoms with van der Waals surface area (Å²) in [7, 11) is 4.04. The van der Waals surface area contributed by atoms with E-state index >= 15 is 0 Å². The molecule has 4 nitrogen and oxygen atoms in total. The molecule has 0 spiro atoms. The summed E-state index contributed by atoms with van der Waals surface area (Å²) in [4.78, 5) is 17.0. The Morgan fingerprint density at radius 1 is 1.29 bits per heavy atom. The van der Waals surface area contributed by atoms with E-state index in [1.165, 1.54) is 12.8 Å². The Bertz CT molecular complexity index is 498. The molecule has 116 valence electrons. The predicted octanol–water partition coefficient (Wildman–Crippen LogP) is 2.87. The van der Waals surface area contributed by atoms with Gasteiger partial charge in [-0.2, -0.15) is 0 Å². The van der Waals surface area contributed by atoms with Crippen molar-refractivity contribution < 1.29 is 4.79 Å². The molecule has 2 rings (SSSR count). The molecule has 1 aliphatic carbocycles. The lowest BCUT2D eigenvalue weighted by Crippen LogP contribution is -2.43. The van der Waals surface area contributed by atoms with Gasteiger partial charge in [0.1, 0.15) is 0 Å². The number of carbonyl (C=O) groups is 1. The van der Waals surface area contributed by atoms with Gasteiger partial charge in [-0.3, -0.25) is 4.79 Å². The van der Waals surface area contributed by atoms with Crippen LogP contribution < -0.4 is 5.73 Å². The quantitative estimate of drug-likeness (QED) is 0.851. The third kappa shape index (κ3) is 4.11. The second-order valence-corrected chi connectivity index (χ2v) is 6.41. The van der Waals surface area contributed by atoms with Gasteiger partial charge < -0.3 is 15.5 Å². The van der Waals surface area contributed by atoms with Crippen molar-refractivity contribution in [2.24, 2.45) is 0 Å². The average Bonchev–Trinajstić information content (AvgIpc) is 2.95. The van der Waals surface area contributed by atoms with Crippen LogP contribution in [0.2, 0.25) is 5.02 Å². The van der Waals surface area contributed by atoms with Gasteiger partial charge in [-0.25, -0.2) is 0 Å². The van der Waals surface area contributed by atoms with Crippen LogP contribution in [0, 0.1) is 0 Å². The molecule has 1 fully saturated rings. The molecular weight excluding hydrogens is 286 g/mol. The van der Waals surface area contributed by atoms with Crippen molar-refractivity contribution in [1.82, 2.24) is 9.80 Å². The van der Waals surface area contributed by atoms with E-state index in [1.54, 1.807) is 18.2 Å². The minimum atomic E-state index is 0.00347. The molecule has 1 amide bonds. The molecule has 0 saturated heterocycles. The Kier molecular flexibility index (Phi) is 5.48. The van der Waals surface area contributed by atoms with Gasteiger partial charge in [0, 0.05) is 29.8 Å². The molecule has 2 N–H and O–H groups in total. The average molecular weight is 310 g/mol. The molecule has 0 aromatic heterocycles. The van der Waals surface area contributed by atoms with Crippen LogP contribution in [0.3, 0.4) is 0 Å². The molecule has 0 heterocycles. The summed E-state index contributed by atoms with van der Waals surface area (Å²) in [6.07, 6.45) is 4.56. The molecule has 0 bridgehead atoms. The zero-order valence-corrected chi connectivity index (χ0v) is 13.6. The van der Waals surface area contributed by atoms with E-state index in [-0.39, 0.29) is 5.91 Å². The van der Waals surface area contributed by atoms with Gasteiger partial charge in [0.15, 0.2) is 0 Å². The molecular formula is C16H24ClN3O. The highest BCUT2D eigenvalue weighted by molar-refractivity contribution is 6.31. The monoisotopic (exact) mass is 309 g/mol. The van der Waals surface area contributed by atoms with Gasteiger partial charge in [-0.05, 0) is 45.1 Å². The van der Waals surface area contributed by atoms with Crippen molar-refractivity contribution in [1.29, 1.82) is 0 Å². The van der Waals surface area contributed by atoms with Crippen molar-refractivity contribution >= 4 is 23.2 Å². The summed E-state index contributed by atoms with van der Waals surface area (Å²) in [5, 5.41) is 0.548. The number of anilines is 1. The first-order valence-electron chi connectivity index (χ1n) is 7.50. The number of benzene rings is 1. The summed E-state index contributed by atoms with van der Waals surface area (Å²) in [6, 6.07) is 5.43. The second kappa shape index (κ2) is 7.14. The first-order chi connectivity index (χ1) is 9.99. The molecule has 0 atom stereocenters. The van der Waals surface area contributed by atoms with Gasteiger partial charge in [0.2, 0.25) is 0 Å². The summed E-state index contributed by atoms with van der Waals surface area (Å²) in [5.74, 6) is 0.00347. The molecule has 1 aromatic rings. The minimum Gasteiger partial charge on any atom is -0.398 e. The molecule has 0 unspecified atom stereocenters. The van der Waals surface area contributed by atoms with Crippen molar-refractivity contribution in [3.05, 3.63) is 28.8 Å². The number of amides is 1. The zero-order chi connectivity index (χ0) is 15.4. The second-order valence-electron chi connectivity index (χ2n) is 5.97. The number of hydrogen-bond acceptors (Lipinski definition) is 3. The number of carbonyl (C=O) groups excluding carboxylic acids is 1. The fourth-order valence-electron chi connectivity index (χ4n) is 2.84. The number of likely N-dealkylation sites (N-methyl/N-ethyl adjacent to an activating group) is 1. The predicted molar refractivity (Wildman–Crippen MR) is 87.7 cm³/mol. The highest BCUT2D eigenvalue weighted by Crippen LogP contribution is 2.27. The number of nitrogens with zero attached hydrogens (tertiary/aromatic N) is 2. The van der Waals surface area contributed by atoms with Crippen molar-refractivity contribution in [3.8, 4) is 0 Å². The number of nitrogens with two attached hydrogens (primary N) is 1. The molecule has 0 aliphatic heterocycles. The van der Waals surface area contributed by atoms with Gasteiger partial charge in [-0.15, -0.1) is 0 Å². The largest absolute Gasteiger partial charge is 0.398 e. The van der Waals surface area contributed by atoms with E-state index in [4.69, 9.17) is 17.3 Å². The van der Waals surface area contributed by atoms with E-state index < -0.39 is 0 Å². The normalized spacial score (nSPS) is 15.6. The molecule has 1 saturated carbocycles. The van der Waals surface area contributed by atoms with Crippen LogP contribution in [0.1, 0.15) is 36.0 Å². The highest BCUT2D eigenvalue weighted by Gasteiger charge is 2.28. The maximum Gasteiger partial charge on any atom is 0.256 e. The van der Waals surface area contributed by atoms with E-state index in [2.05, 4.69) is 4.90 Å². The molecule has 1 aliphatic rings. The number of halogens is 1. The van der Waals surface area contributed by atoms with Crippen molar-refractivity contribution in [2.45, 2.75) is 31.7 Å². The summed E-state index contributed by atoms with van der Waals surface area (Å²) < 4.78 is 0. The van der Waals surface area contributed by atoms with Crippen LogP contribution in [-0.4, -0.2) is 48.9 Å². The third-order valence-corrected chi connectivity index (χ3v) is 4.30. The number of rotatable bonds is 5. The van der Waals surface area contributed by atoms with Crippen LogP contribution in [0.25, 0.3) is 0 Å². The van der Waals surface area contributed by atoms with Crippen LogP contribution >= 0.6 is 11.6 Å². The van der Waals surface area contributed by atoms with Crippen molar-refractivity contribution in [2.75, 3.05) is 32.9 Å². The number of nitrogen functional groups attached to an aromatic ring is 1. The molecule has 1 aromatic carbocycles. The van der Waals surface area contributed by atoms with E-state index in [9.17, 15) is 4.79 Å². The fraction of sp³-hybridized carbons (Fsp3) is 0.562. The SMILES string of the molecule is CN(C)CCN(C(=O)c1cc(Cl)ccc1N)C1CCCC1. The van der Waals surface area contributed by atoms with Crippen LogP contribution in [0.4, 0.5) is 5.69 Å². The zero-order valence-electron chi connectivity index (χ0n) is 12.8. The Balaban J connectivity index is 2.21. The smallest absolute Gasteiger partial charge is 0.256 e. The van der Waals surface area contributed by atoms with Crippen molar-refractivity contribution in [3.63, 3.8) is 0 Å². The van der Waals surface area contributed by atoms with Crippen LogP contribution in [0.5, 0.6) is 0 Å².